The molecule has 2 aliphatic rings. The lowest BCUT2D eigenvalue weighted by molar-refractivity contribution is -0.258. The zero-order chi connectivity index (χ0) is 25.4. The minimum atomic E-state index is -4.87. The number of alkyl halides is 3. The number of hydrogen-bond donors (Lipinski definition) is 1. The van der Waals surface area contributed by atoms with Crippen LogP contribution in [-0.2, 0) is 15.6 Å². The van der Waals surface area contributed by atoms with Gasteiger partial charge in [-0.15, -0.1) is 0 Å². The Hall–Kier alpha value is -1.94. The fraction of sp³-hybridized carbons (Fsp3) is 0.520. The van der Waals surface area contributed by atoms with E-state index in [2.05, 4.69) is 17.6 Å². The van der Waals surface area contributed by atoms with Crippen molar-refractivity contribution in [2.45, 2.75) is 56.3 Å². The third-order valence-electron chi connectivity index (χ3n) is 6.86. The topological polar surface area (TPSA) is 60.9 Å². The van der Waals surface area contributed by atoms with Gasteiger partial charge in [-0.1, -0.05) is 43.0 Å². The van der Waals surface area contributed by atoms with Gasteiger partial charge < -0.3 is 5.11 Å². The molecule has 1 saturated carbocycles. The summed E-state index contributed by atoms with van der Waals surface area (Å²) in [7, 11) is -3.89. The van der Waals surface area contributed by atoms with Gasteiger partial charge in [-0.25, -0.2) is 8.42 Å². The highest BCUT2D eigenvalue weighted by molar-refractivity contribution is 7.89. The second-order valence-electron chi connectivity index (χ2n) is 9.43. The Bertz CT molecular complexity index is 1060. The lowest BCUT2D eigenvalue weighted by Crippen LogP contribution is -2.54. The number of piperazine rings is 1. The number of benzene rings is 1. The van der Waals surface area contributed by atoms with Crippen LogP contribution in [0.5, 0.6) is 0 Å². The molecule has 2 unspecified atom stereocenters. The predicted molar refractivity (Wildman–Crippen MR) is 127 cm³/mol. The van der Waals surface area contributed by atoms with Crippen molar-refractivity contribution in [2.75, 3.05) is 26.2 Å². The van der Waals surface area contributed by atoms with Gasteiger partial charge in [0, 0.05) is 37.6 Å². The molecule has 1 aliphatic heterocycles. The molecule has 3 rings (SSSR count). The molecule has 9 heteroatoms. The predicted octanol–water partition coefficient (Wildman–Crippen LogP) is 4.62. The molecule has 1 N–H and O–H groups in total. The third-order valence-corrected chi connectivity index (χ3v) is 8.89. The van der Waals surface area contributed by atoms with E-state index < -0.39 is 27.4 Å². The zero-order valence-electron chi connectivity index (χ0n) is 19.8. The summed E-state index contributed by atoms with van der Waals surface area (Å²) in [4.78, 5) is 2.20. The molecule has 1 saturated heterocycles. The van der Waals surface area contributed by atoms with Crippen molar-refractivity contribution >= 4 is 10.0 Å². The Morgan fingerprint density at radius 2 is 1.85 bits per heavy atom. The van der Waals surface area contributed by atoms with Gasteiger partial charge in [-0.3, -0.25) is 4.90 Å². The van der Waals surface area contributed by atoms with Crippen molar-refractivity contribution < 1.29 is 26.7 Å². The number of halogens is 3. The number of hydrogen-bond acceptors (Lipinski definition) is 4. The van der Waals surface area contributed by atoms with Gasteiger partial charge in [-0.2, -0.15) is 17.5 Å². The number of nitrogens with zero attached hydrogens (tertiary/aromatic N) is 2. The standard InChI is InChI=1S/C25H33F3N2O3S/c1-5-7-21(8-6-2)24(13-14-24)18-29-15-16-30(19(3)17-29)34(32,33)22-11-9-20(10-12-22)23(4,31)25(26,27)28/h5-12,19,31H,1,13-18H2,2-4H3/b8-6-,21-7+. The van der Waals surface area contributed by atoms with Crippen molar-refractivity contribution in [3.63, 3.8) is 0 Å². The zero-order valence-corrected chi connectivity index (χ0v) is 20.7. The average Bonchev–Trinajstić information content (AvgIpc) is 3.53. The summed E-state index contributed by atoms with van der Waals surface area (Å²) in [5.41, 5.74) is -2.15. The van der Waals surface area contributed by atoms with E-state index in [1.807, 2.05) is 26.0 Å². The van der Waals surface area contributed by atoms with Crippen LogP contribution < -0.4 is 0 Å². The normalized spacial score (nSPS) is 24.2. The van der Waals surface area contributed by atoms with Crippen LogP contribution in [0.3, 0.4) is 0 Å². The molecular weight excluding hydrogens is 465 g/mol. The molecule has 1 aromatic rings. The van der Waals surface area contributed by atoms with E-state index in [-0.39, 0.29) is 16.4 Å². The maximum Gasteiger partial charge on any atom is 0.421 e. The second kappa shape index (κ2) is 9.60. The third kappa shape index (κ3) is 5.17. The molecule has 1 heterocycles. The van der Waals surface area contributed by atoms with Crippen molar-refractivity contribution in [2.24, 2.45) is 5.41 Å². The van der Waals surface area contributed by atoms with Crippen LogP contribution in [0, 0.1) is 5.41 Å². The maximum absolute atomic E-state index is 13.2. The van der Waals surface area contributed by atoms with Gasteiger partial charge in [0.05, 0.1) is 4.90 Å². The van der Waals surface area contributed by atoms with E-state index in [1.165, 1.54) is 9.88 Å². The van der Waals surface area contributed by atoms with Gasteiger partial charge in [0.15, 0.2) is 5.60 Å². The Balaban J connectivity index is 1.72. The molecule has 5 nitrogen and oxygen atoms in total. The van der Waals surface area contributed by atoms with E-state index in [9.17, 15) is 26.7 Å². The fourth-order valence-electron chi connectivity index (χ4n) is 4.60. The van der Waals surface area contributed by atoms with Crippen LogP contribution in [0.1, 0.15) is 39.2 Å². The van der Waals surface area contributed by atoms with Crippen LogP contribution in [-0.4, -0.2) is 61.1 Å². The molecule has 1 aromatic carbocycles. The maximum atomic E-state index is 13.2. The molecular formula is C25H33F3N2O3S. The first-order valence-electron chi connectivity index (χ1n) is 11.4. The largest absolute Gasteiger partial charge is 0.421 e. The molecule has 34 heavy (non-hydrogen) atoms. The van der Waals surface area contributed by atoms with Crippen LogP contribution in [0.2, 0.25) is 0 Å². The van der Waals surface area contributed by atoms with Gasteiger partial charge >= 0.3 is 6.18 Å². The van der Waals surface area contributed by atoms with E-state index in [0.717, 1.165) is 43.7 Å². The van der Waals surface area contributed by atoms with Gasteiger partial charge in [-0.05, 0) is 56.9 Å². The molecule has 0 amide bonds. The highest BCUT2D eigenvalue weighted by Gasteiger charge is 2.51. The lowest BCUT2D eigenvalue weighted by Gasteiger charge is -2.40. The Labute approximate surface area is 200 Å². The molecule has 188 valence electrons. The Kier molecular flexibility index (Phi) is 7.53. The summed E-state index contributed by atoms with van der Waals surface area (Å²) in [5, 5.41) is 9.84. The summed E-state index contributed by atoms with van der Waals surface area (Å²) < 4.78 is 67.2. The first kappa shape index (κ1) is 26.7. The summed E-state index contributed by atoms with van der Waals surface area (Å²) in [5.74, 6) is 0. The molecule has 2 atom stereocenters. The highest BCUT2D eigenvalue weighted by atomic mass is 32.2. The van der Waals surface area contributed by atoms with E-state index >= 15 is 0 Å². The molecule has 2 fully saturated rings. The van der Waals surface area contributed by atoms with Crippen LogP contribution >= 0.6 is 0 Å². The van der Waals surface area contributed by atoms with Crippen molar-refractivity contribution in [1.29, 1.82) is 0 Å². The van der Waals surface area contributed by atoms with Gasteiger partial charge in [0.1, 0.15) is 0 Å². The van der Waals surface area contributed by atoms with Gasteiger partial charge in [0.25, 0.3) is 0 Å². The summed E-state index contributed by atoms with van der Waals surface area (Å²) in [6.07, 6.45) is 5.25. The molecule has 1 aliphatic carbocycles. The quantitative estimate of drug-likeness (QED) is 0.532. The number of aliphatic hydroxyl groups is 1. The number of rotatable bonds is 8. The monoisotopic (exact) mass is 498 g/mol. The summed E-state index contributed by atoms with van der Waals surface area (Å²) >= 11 is 0. The molecule has 0 radical (unpaired) electrons. The van der Waals surface area contributed by atoms with Crippen LogP contribution in [0.4, 0.5) is 13.2 Å². The SMILES string of the molecule is C=C/C=C(\C=C/C)C1(CN2CCN(S(=O)(=O)c3ccc(C(C)(O)C(F)(F)F)cc3)C(C)C2)CC1. The van der Waals surface area contributed by atoms with E-state index in [1.54, 1.807) is 6.08 Å². The van der Waals surface area contributed by atoms with Crippen molar-refractivity contribution in [1.82, 2.24) is 9.21 Å². The van der Waals surface area contributed by atoms with Crippen LogP contribution in [0.15, 0.2) is 65.6 Å². The minimum Gasteiger partial charge on any atom is -0.376 e. The van der Waals surface area contributed by atoms with Crippen molar-refractivity contribution in [3.8, 4) is 0 Å². The Morgan fingerprint density at radius 1 is 1.24 bits per heavy atom. The van der Waals surface area contributed by atoms with Crippen LogP contribution in [0.25, 0.3) is 0 Å². The van der Waals surface area contributed by atoms with E-state index in [4.69, 9.17) is 0 Å². The first-order chi connectivity index (χ1) is 15.8. The Morgan fingerprint density at radius 3 is 2.32 bits per heavy atom. The molecule has 0 aromatic heterocycles. The lowest BCUT2D eigenvalue weighted by atomic mass is 9.93. The molecule has 0 spiro atoms. The number of allylic oxidation sites excluding steroid dienone is 4. The number of sulfonamides is 1. The van der Waals surface area contributed by atoms with Gasteiger partial charge in [0.2, 0.25) is 10.0 Å². The minimum absolute atomic E-state index is 0.0761. The highest BCUT2D eigenvalue weighted by Crippen LogP contribution is 2.53. The molecule has 0 bridgehead atoms. The smallest absolute Gasteiger partial charge is 0.376 e. The second-order valence-corrected chi connectivity index (χ2v) is 11.3. The first-order valence-corrected chi connectivity index (χ1v) is 12.8. The average molecular weight is 499 g/mol. The fourth-order valence-corrected chi connectivity index (χ4v) is 6.21. The summed E-state index contributed by atoms with van der Waals surface area (Å²) in [6, 6.07) is 4.01. The summed E-state index contributed by atoms with van der Waals surface area (Å²) in [6.45, 7) is 10.6. The van der Waals surface area contributed by atoms with E-state index in [0.29, 0.717) is 26.6 Å². The van der Waals surface area contributed by atoms with Crippen molar-refractivity contribution in [3.05, 3.63) is 66.3 Å².